The first-order valence-corrected chi connectivity index (χ1v) is 4.73. The second kappa shape index (κ2) is 3.88. The first-order chi connectivity index (χ1) is 6.79. The van der Waals surface area contributed by atoms with E-state index in [2.05, 4.69) is 26.1 Å². The van der Waals surface area contributed by atoms with Gasteiger partial charge in [-0.1, -0.05) is 12.1 Å². The smallest absolute Gasteiger partial charge is 0.285 e. The number of rotatable bonds is 2. The van der Waals surface area contributed by atoms with Crippen LogP contribution in [0.5, 0.6) is 0 Å². The van der Waals surface area contributed by atoms with E-state index in [1.807, 2.05) is 0 Å². The lowest BCUT2D eigenvalue weighted by Gasteiger charge is -1.95. The molecule has 0 atom stereocenters. The fraction of sp³-hybridized carbons (Fsp3) is 0.111. The average molecular weight is 257 g/mol. The summed E-state index contributed by atoms with van der Waals surface area (Å²) in [5.74, 6) is 0.419. The molecule has 0 aliphatic rings. The van der Waals surface area contributed by atoms with Gasteiger partial charge in [-0.15, -0.1) is 10.2 Å². The van der Waals surface area contributed by atoms with Gasteiger partial charge in [-0.05, 0) is 17.7 Å². The Balaban J connectivity index is 2.33. The lowest BCUT2D eigenvalue weighted by atomic mass is 10.1. The second-order valence-electron chi connectivity index (χ2n) is 2.69. The zero-order valence-electron chi connectivity index (χ0n) is 7.08. The molecule has 0 N–H and O–H groups in total. The van der Waals surface area contributed by atoms with Crippen molar-refractivity contribution >= 4 is 15.9 Å². The summed E-state index contributed by atoms with van der Waals surface area (Å²) in [5, 5.41) is 7.45. The molecule has 0 saturated carbocycles. The van der Waals surface area contributed by atoms with E-state index < -0.39 is 6.67 Å². The molecule has 72 valence electrons. The maximum absolute atomic E-state index is 12.2. The van der Waals surface area contributed by atoms with Gasteiger partial charge in [0.1, 0.15) is 6.67 Å². The van der Waals surface area contributed by atoms with Gasteiger partial charge in [-0.2, -0.15) is 0 Å². The Kier molecular flexibility index (Phi) is 2.58. The molecule has 0 spiro atoms. The molecule has 0 unspecified atom stereocenters. The molecule has 2 rings (SSSR count). The van der Waals surface area contributed by atoms with Crippen LogP contribution in [0.2, 0.25) is 0 Å². The highest BCUT2D eigenvalue weighted by Crippen LogP contribution is 2.20. The van der Waals surface area contributed by atoms with Crippen molar-refractivity contribution < 1.29 is 8.81 Å². The van der Waals surface area contributed by atoms with Crippen molar-refractivity contribution in [1.82, 2.24) is 10.2 Å². The van der Waals surface area contributed by atoms with Crippen molar-refractivity contribution in [2.75, 3.05) is 0 Å². The number of halogens is 2. The molecule has 2 aromatic rings. The van der Waals surface area contributed by atoms with Crippen LogP contribution in [0, 0.1) is 0 Å². The van der Waals surface area contributed by atoms with Crippen molar-refractivity contribution in [3.05, 3.63) is 34.6 Å². The third kappa shape index (κ3) is 1.82. The van der Waals surface area contributed by atoms with Gasteiger partial charge in [0, 0.05) is 21.5 Å². The van der Waals surface area contributed by atoms with E-state index in [4.69, 9.17) is 4.42 Å². The molecule has 0 bridgehead atoms. The molecule has 0 aliphatic heterocycles. The largest absolute Gasteiger partial charge is 0.411 e. The topological polar surface area (TPSA) is 38.9 Å². The third-order valence-corrected chi connectivity index (χ3v) is 2.08. The van der Waals surface area contributed by atoms with Gasteiger partial charge in [-0.25, -0.2) is 4.39 Å². The Hall–Kier alpha value is -1.23. The maximum atomic E-state index is 12.2. The van der Waals surface area contributed by atoms with Gasteiger partial charge in [0.25, 0.3) is 4.80 Å². The van der Waals surface area contributed by atoms with Crippen molar-refractivity contribution in [1.29, 1.82) is 0 Å². The van der Waals surface area contributed by atoms with Crippen LogP contribution in [0.15, 0.2) is 33.5 Å². The summed E-state index contributed by atoms with van der Waals surface area (Å²) < 4.78 is 17.3. The molecule has 1 aromatic carbocycles. The summed E-state index contributed by atoms with van der Waals surface area (Å²) in [5.41, 5.74) is 1.41. The molecule has 0 fully saturated rings. The molecule has 0 aliphatic carbocycles. The fourth-order valence-corrected chi connectivity index (χ4v) is 1.29. The lowest BCUT2D eigenvalue weighted by Crippen LogP contribution is -1.80. The highest BCUT2D eigenvalue weighted by molar-refractivity contribution is 9.10. The second-order valence-corrected chi connectivity index (χ2v) is 3.37. The molecule has 3 nitrogen and oxygen atoms in total. The Morgan fingerprint density at radius 2 is 1.93 bits per heavy atom. The van der Waals surface area contributed by atoms with E-state index in [9.17, 15) is 4.39 Å². The van der Waals surface area contributed by atoms with Crippen LogP contribution < -0.4 is 0 Å². The van der Waals surface area contributed by atoms with E-state index in [-0.39, 0.29) is 0 Å². The summed E-state index contributed by atoms with van der Waals surface area (Å²) >= 11 is 3.06. The molecule has 0 radical (unpaired) electrons. The van der Waals surface area contributed by atoms with Gasteiger partial charge in [0.05, 0.1) is 0 Å². The zero-order valence-corrected chi connectivity index (χ0v) is 8.66. The number of benzene rings is 1. The van der Waals surface area contributed by atoms with Crippen LogP contribution in [0.4, 0.5) is 4.39 Å². The standard InChI is InChI=1S/C9H6BrFN2O/c10-9-13-12-8(14-9)7-3-1-6(5-11)2-4-7/h1-4H,5H2. The lowest BCUT2D eigenvalue weighted by molar-refractivity contribution is 0.485. The number of hydrogen-bond acceptors (Lipinski definition) is 3. The Morgan fingerprint density at radius 1 is 1.21 bits per heavy atom. The van der Waals surface area contributed by atoms with Crippen LogP contribution in [0.1, 0.15) is 5.56 Å². The van der Waals surface area contributed by atoms with Crippen LogP contribution >= 0.6 is 15.9 Å². The molecule has 0 saturated heterocycles. The van der Waals surface area contributed by atoms with Crippen molar-refractivity contribution in [3.63, 3.8) is 0 Å². The van der Waals surface area contributed by atoms with Gasteiger partial charge < -0.3 is 4.42 Å². The van der Waals surface area contributed by atoms with Gasteiger partial charge in [0.2, 0.25) is 5.89 Å². The highest BCUT2D eigenvalue weighted by Gasteiger charge is 2.05. The van der Waals surface area contributed by atoms with Crippen LogP contribution in [0.25, 0.3) is 11.5 Å². The summed E-state index contributed by atoms with van der Waals surface area (Å²) in [4.78, 5) is 0.335. The average Bonchev–Trinajstić information content (AvgIpc) is 2.65. The Bertz CT molecular complexity index is 427. The number of hydrogen-bond donors (Lipinski definition) is 0. The van der Waals surface area contributed by atoms with Gasteiger partial charge in [-0.3, -0.25) is 0 Å². The molecule has 1 heterocycles. The fourth-order valence-electron chi connectivity index (χ4n) is 1.06. The summed E-state index contributed by atoms with van der Waals surface area (Å²) in [6, 6.07) is 6.87. The zero-order chi connectivity index (χ0) is 9.97. The molecule has 1 aromatic heterocycles. The molecule has 5 heteroatoms. The molecule has 14 heavy (non-hydrogen) atoms. The number of nitrogens with zero attached hydrogens (tertiary/aromatic N) is 2. The van der Waals surface area contributed by atoms with Crippen molar-refractivity contribution in [2.45, 2.75) is 6.67 Å². The summed E-state index contributed by atoms with van der Waals surface area (Å²) in [6.07, 6.45) is 0. The minimum absolute atomic E-state index is 0.335. The van der Waals surface area contributed by atoms with E-state index >= 15 is 0 Å². The van der Waals surface area contributed by atoms with Crippen LogP contribution in [-0.4, -0.2) is 10.2 Å². The minimum atomic E-state index is -0.464. The number of aromatic nitrogens is 2. The monoisotopic (exact) mass is 256 g/mol. The van der Waals surface area contributed by atoms with E-state index in [1.54, 1.807) is 24.3 Å². The molecule has 0 amide bonds. The van der Waals surface area contributed by atoms with E-state index in [1.165, 1.54) is 0 Å². The van der Waals surface area contributed by atoms with Crippen LogP contribution in [0.3, 0.4) is 0 Å². The predicted octanol–water partition coefficient (Wildman–Crippen LogP) is 2.97. The quantitative estimate of drug-likeness (QED) is 0.830. The Morgan fingerprint density at radius 3 is 2.43 bits per heavy atom. The maximum Gasteiger partial charge on any atom is 0.285 e. The third-order valence-electron chi connectivity index (χ3n) is 1.76. The first kappa shape index (κ1) is 9.33. The SMILES string of the molecule is FCc1ccc(-c2nnc(Br)o2)cc1. The van der Waals surface area contributed by atoms with Crippen molar-refractivity contribution in [2.24, 2.45) is 0 Å². The van der Waals surface area contributed by atoms with Crippen molar-refractivity contribution in [3.8, 4) is 11.5 Å². The predicted molar refractivity (Wildman–Crippen MR) is 52.2 cm³/mol. The van der Waals surface area contributed by atoms with E-state index in [0.717, 1.165) is 5.56 Å². The number of alkyl halides is 1. The van der Waals surface area contributed by atoms with E-state index in [0.29, 0.717) is 16.3 Å². The summed E-state index contributed by atoms with van der Waals surface area (Å²) in [6.45, 7) is -0.464. The van der Waals surface area contributed by atoms with Gasteiger partial charge >= 0.3 is 0 Å². The normalized spacial score (nSPS) is 10.4. The Labute approximate surface area is 88.1 Å². The first-order valence-electron chi connectivity index (χ1n) is 3.94. The van der Waals surface area contributed by atoms with Crippen LogP contribution in [-0.2, 0) is 6.67 Å². The van der Waals surface area contributed by atoms with Gasteiger partial charge in [0.15, 0.2) is 0 Å². The molecular formula is C9H6BrFN2O. The summed E-state index contributed by atoms with van der Waals surface area (Å²) in [7, 11) is 0. The minimum Gasteiger partial charge on any atom is -0.411 e. The molecular weight excluding hydrogens is 251 g/mol. The highest BCUT2D eigenvalue weighted by atomic mass is 79.9.